The van der Waals surface area contributed by atoms with E-state index in [4.69, 9.17) is 4.74 Å². The third-order valence-electron chi connectivity index (χ3n) is 3.26. The standard InChI is InChI=1S/C11H12O2.C8H8.C5H6F3NO/c1-9(2)11(12)13-8-10-6-4-3-5-7-10;1-2-8-6-4-3-5-7-8;1-2-3-9-4(10)5(6,7)8/h3-7H,1,8H2,2H3;2-7H,1H2;2H,1,3H2,(H,9,10). The van der Waals surface area contributed by atoms with Crippen molar-refractivity contribution in [1.82, 2.24) is 5.32 Å². The van der Waals surface area contributed by atoms with Crippen LogP contribution >= 0.6 is 0 Å². The molecule has 0 saturated carbocycles. The fourth-order valence-corrected chi connectivity index (χ4v) is 1.70. The summed E-state index contributed by atoms with van der Waals surface area (Å²) in [4.78, 5) is 20.9. The second-order valence-corrected chi connectivity index (χ2v) is 5.95. The van der Waals surface area contributed by atoms with Crippen molar-refractivity contribution >= 4 is 18.0 Å². The van der Waals surface area contributed by atoms with Crippen LogP contribution < -0.4 is 5.32 Å². The molecular formula is C24H26F3NO3. The molecule has 2 aromatic carbocycles. The molecule has 166 valence electrons. The van der Waals surface area contributed by atoms with Crippen molar-refractivity contribution in [3.05, 3.63) is 103 Å². The lowest BCUT2D eigenvalue weighted by Gasteiger charge is -2.04. The van der Waals surface area contributed by atoms with E-state index in [0.717, 1.165) is 5.56 Å². The summed E-state index contributed by atoms with van der Waals surface area (Å²) >= 11 is 0. The summed E-state index contributed by atoms with van der Waals surface area (Å²) in [6.07, 6.45) is -1.79. The Labute approximate surface area is 180 Å². The summed E-state index contributed by atoms with van der Waals surface area (Å²) in [5.74, 6) is -2.28. The van der Waals surface area contributed by atoms with Crippen molar-refractivity contribution in [1.29, 1.82) is 0 Å². The van der Waals surface area contributed by atoms with Crippen LogP contribution in [0.3, 0.4) is 0 Å². The van der Waals surface area contributed by atoms with Crippen LogP contribution in [0.5, 0.6) is 0 Å². The number of hydrogen-bond acceptors (Lipinski definition) is 3. The van der Waals surface area contributed by atoms with E-state index in [-0.39, 0.29) is 12.5 Å². The second-order valence-electron chi connectivity index (χ2n) is 5.95. The lowest BCUT2D eigenvalue weighted by Crippen LogP contribution is -2.36. The number of alkyl halides is 3. The Kier molecular flexibility index (Phi) is 13.5. The minimum atomic E-state index is -4.79. The monoisotopic (exact) mass is 433 g/mol. The van der Waals surface area contributed by atoms with Crippen molar-refractivity contribution in [3.63, 3.8) is 0 Å². The van der Waals surface area contributed by atoms with Gasteiger partial charge in [-0.2, -0.15) is 13.2 Å². The van der Waals surface area contributed by atoms with Gasteiger partial charge in [0.25, 0.3) is 0 Å². The van der Waals surface area contributed by atoms with E-state index >= 15 is 0 Å². The largest absolute Gasteiger partial charge is 0.471 e. The molecule has 2 rings (SSSR count). The van der Waals surface area contributed by atoms with Crippen LogP contribution in [-0.2, 0) is 20.9 Å². The van der Waals surface area contributed by atoms with Gasteiger partial charge < -0.3 is 10.1 Å². The maximum absolute atomic E-state index is 11.3. The molecule has 0 aromatic heterocycles. The summed E-state index contributed by atoms with van der Waals surface area (Å²) in [6, 6.07) is 19.6. The molecule has 0 unspecified atom stereocenters. The van der Waals surface area contributed by atoms with Crippen LogP contribution in [0.4, 0.5) is 13.2 Å². The van der Waals surface area contributed by atoms with E-state index in [9.17, 15) is 22.8 Å². The van der Waals surface area contributed by atoms with Gasteiger partial charge in [-0.3, -0.25) is 4.79 Å². The minimum Gasteiger partial charge on any atom is -0.457 e. The predicted molar refractivity (Wildman–Crippen MR) is 117 cm³/mol. The number of carbonyl (C=O) groups excluding carboxylic acids is 2. The lowest BCUT2D eigenvalue weighted by molar-refractivity contribution is -0.173. The summed E-state index contributed by atoms with van der Waals surface area (Å²) in [7, 11) is 0. The van der Waals surface area contributed by atoms with Gasteiger partial charge in [0.15, 0.2) is 0 Å². The Balaban J connectivity index is 0.000000450. The van der Waals surface area contributed by atoms with Crippen LogP contribution in [0.2, 0.25) is 0 Å². The lowest BCUT2D eigenvalue weighted by atomic mass is 10.2. The molecule has 2 aromatic rings. The first-order valence-electron chi connectivity index (χ1n) is 9.11. The Morgan fingerprint density at radius 3 is 1.90 bits per heavy atom. The van der Waals surface area contributed by atoms with Crippen molar-refractivity contribution in [3.8, 4) is 0 Å². The number of benzene rings is 2. The molecule has 0 spiro atoms. The maximum Gasteiger partial charge on any atom is 0.471 e. The molecule has 1 N–H and O–H groups in total. The fraction of sp³-hybridized carbons (Fsp3) is 0.167. The molecule has 0 saturated heterocycles. The van der Waals surface area contributed by atoms with Gasteiger partial charge >= 0.3 is 18.1 Å². The molecule has 0 aliphatic rings. The SMILES string of the molecule is C=C(C)C(=O)OCc1ccccc1.C=CCNC(=O)C(F)(F)F.C=Cc1ccccc1. The highest BCUT2D eigenvalue weighted by atomic mass is 19.4. The Morgan fingerprint density at radius 1 is 1.00 bits per heavy atom. The highest BCUT2D eigenvalue weighted by molar-refractivity contribution is 5.86. The average Bonchev–Trinajstić information content (AvgIpc) is 2.77. The topological polar surface area (TPSA) is 55.4 Å². The Bertz CT molecular complexity index is 832. The number of hydrogen-bond donors (Lipinski definition) is 1. The molecule has 0 atom stereocenters. The van der Waals surface area contributed by atoms with Crippen molar-refractivity contribution in [2.75, 3.05) is 6.54 Å². The number of nitrogens with one attached hydrogen (secondary N) is 1. The second kappa shape index (κ2) is 15.3. The number of rotatable bonds is 6. The molecule has 7 heteroatoms. The van der Waals surface area contributed by atoms with E-state index in [0.29, 0.717) is 12.2 Å². The van der Waals surface area contributed by atoms with Gasteiger partial charge in [-0.1, -0.05) is 86.0 Å². The molecule has 1 amide bonds. The molecular weight excluding hydrogens is 407 g/mol. The zero-order valence-corrected chi connectivity index (χ0v) is 17.3. The molecule has 0 fully saturated rings. The smallest absolute Gasteiger partial charge is 0.457 e. The maximum atomic E-state index is 11.3. The summed E-state index contributed by atoms with van der Waals surface area (Å²) in [5.41, 5.74) is 2.58. The average molecular weight is 433 g/mol. The van der Waals surface area contributed by atoms with Crippen molar-refractivity contribution in [2.45, 2.75) is 19.7 Å². The van der Waals surface area contributed by atoms with Gasteiger partial charge in [-0.25, -0.2) is 4.79 Å². The zero-order chi connectivity index (χ0) is 23.7. The summed E-state index contributed by atoms with van der Waals surface area (Å²) < 4.78 is 38.9. The van der Waals surface area contributed by atoms with Gasteiger partial charge in [0, 0.05) is 12.1 Å². The molecule has 0 radical (unpaired) electrons. The Hall–Kier alpha value is -3.61. The third kappa shape index (κ3) is 14.1. The molecule has 0 aliphatic heterocycles. The first-order valence-corrected chi connectivity index (χ1v) is 9.11. The van der Waals surface area contributed by atoms with E-state index in [2.05, 4.69) is 19.7 Å². The van der Waals surface area contributed by atoms with Crippen LogP contribution in [-0.4, -0.2) is 24.6 Å². The fourth-order valence-electron chi connectivity index (χ4n) is 1.70. The van der Waals surface area contributed by atoms with Gasteiger partial charge in [0.2, 0.25) is 0 Å². The normalized spacial score (nSPS) is 9.55. The molecule has 0 heterocycles. The summed E-state index contributed by atoms with van der Waals surface area (Å²) in [6.45, 7) is 12.0. The van der Waals surface area contributed by atoms with Gasteiger partial charge in [0.05, 0.1) is 0 Å². The number of carbonyl (C=O) groups is 2. The Morgan fingerprint density at radius 2 is 1.52 bits per heavy atom. The molecule has 31 heavy (non-hydrogen) atoms. The predicted octanol–water partition coefficient (Wildman–Crippen LogP) is 5.49. The number of esters is 1. The van der Waals surface area contributed by atoms with Crippen LogP contribution in [0, 0.1) is 0 Å². The number of halogens is 3. The van der Waals surface area contributed by atoms with E-state index < -0.39 is 12.1 Å². The van der Waals surface area contributed by atoms with Crippen LogP contribution in [0.15, 0.2) is 92.0 Å². The van der Waals surface area contributed by atoms with Crippen molar-refractivity contribution < 1.29 is 27.5 Å². The van der Waals surface area contributed by atoms with E-state index in [1.54, 1.807) is 12.2 Å². The minimum absolute atomic E-state index is 0.168. The van der Waals surface area contributed by atoms with E-state index in [1.165, 1.54) is 11.6 Å². The quantitative estimate of drug-likeness (QED) is 0.373. The van der Waals surface area contributed by atoms with Crippen LogP contribution in [0.25, 0.3) is 6.08 Å². The number of amides is 1. The van der Waals surface area contributed by atoms with Gasteiger partial charge in [0.1, 0.15) is 6.61 Å². The third-order valence-corrected chi connectivity index (χ3v) is 3.26. The number of ether oxygens (including phenoxy) is 1. The zero-order valence-electron chi connectivity index (χ0n) is 17.3. The van der Waals surface area contributed by atoms with Gasteiger partial charge in [-0.15, -0.1) is 6.58 Å². The molecule has 4 nitrogen and oxygen atoms in total. The highest BCUT2D eigenvalue weighted by Crippen LogP contribution is 2.13. The highest BCUT2D eigenvalue weighted by Gasteiger charge is 2.37. The van der Waals surface area contributed by atoms with Crippen molar-refractivity contribution in [2.24, 2.45) is 0 Å². The first kappa shape index (κ1) is 27.4. The molecule has 0 bridgehead atoms. The van der Waals surface area contributed by atoms with E-state index in [1.807, 2.05) is 66.7 Å². The van der Waals surface area contributed by atoms with Gasteiger partial charge in [-0.05, 0) is 18.1 Å². The first-order chi connectivity index (χ1) is 14.6. The molecule has 0 aliphatic carbocycles. The van der Waals surface area contributed by atoms with Crippen LogP contribution in [0.1, 0.15) is 18.1 Å². The summed E-state index contributed by atoms with van der Waals surface area (Å²) in [5, 5.41) is 1.59.